The molecule has 6 aliphatic rings. The highest BCUT2D eigenvalue weighted by atomic mass is 16.7. The first kappa shape index (κ1) is 27.4. The summed E-state index contributed by atoms with van der Waals surface area (Å²) in [5.41, 5.74) is 2.69. The number of Topliss-reactive ketones (excluding diaryl/α,β-unsaturated/α-hetero) is 1. The Balaban J connectivity index is 0.00000135. The number of hydrogen-bond donors (Lipinski definition) is 1. The van der Waals surface area contributed by atoms with Gasteiger partial charge in [-0.3, -0.25) is 4.79 Å². The van der Waals surface area contributed by atoms with Crippen molar-refractivity contribution in [3.05, 3.63) is 41.0 Å². The molecule has 3 unspecified atom stereocenters. The zero-order valence-electron chi connectivity index (χ0n) is 24.0. The van der Waals surface area contributed by atoms with E-state index in [4.69, 9.17) is 18.9 Å². The number of ketones is 1. The molecule has 7 rings (SSSR count). The fourth-order valence-corrected chi connectivity index (χ4v) is 8.82. The molecule has 0 bridgehead atoms. The molecule has 1 N–H and O–H groups in total. The van der Waals surface area contributed by atoms with Gasteiger partial charge >= 0.3 is 0 Å². The molecular weight excluding hydrogens is 492 g/mol. The standard InChI is InChI=1S/C31H40O6.C2H6/c1-29-18-23(20-5-7-21(8-6-20)37-27-4-2-3-15-34-27)28-22(24(29)9-10-26(29)32)11-13-30(33)19-31(14-12-25(28)30)35-16-17-36-31;1-2/h5-8,22-24,27,33H,2-4,9-19H2,1H3;1-2H3/t22?,23-,24?,27?,29+,30-;/m1./s1. The zero-order chi connectivity index (χ0) is 27.3. The molecule has 6 atom stereocenters. The Morgan fingerprint density at radius 3 is 2.44 bits per heavy atom. The highest BCUT2D eigenvalue weighted by Crippen LogP contribution is 2.64. The largest absolute Gasteiger partial charge is 0.465 e. The third kappa shape index (κ3) is 4.69. The molecule has 5 fully saturated rings. The maximum Gasteiger partial charge on any atom is 0.199 e. The van der Waals surface area contributed by atoms with E-state index in [1.165, 1.54) is 16.7 Å². The topological polar surface area (TPSA) is 74.2 Å². The van der Waals surface area contributed by atoms with Gasteiger partial charge < -0.3 is 24.1 Å². The quantitative estimate of drug-likeness (QED) is 0.446. The Kier molecular flexibility index (Phi) is 7.45. The first-order valence-corrected chi connectivity index (χ1v) is 15.5. The Morgan fingerprint density at radius 1 is 0.949 bits per heavy atom. The zero-order valence-corrected chi connectivity index (χ0v) is 24.0. The second-order valence-corrected chi connectivity index (χ2v) is 12.6. The summed E-state index contributed by atoms with van der Waals surface area (Å²) in [4.78, 5) is 13.2. The van der Waals surface area contributed by atoms with Crippen LogP contribution in [0.5, 0.6) is 5.75 Å². The fourth-order valence-electron chi connectivity index (χ4n) is 8.82. The Hall–Kier alpha value is -1.73. The lowest BCUT2D eigenvalue weighted by molar-refractivity contribution is -0.208. The van der Waals surface area contributed by atoms with Gasteiger partial charge in [-0.15, -0.1) is 0 Å². The monoisotopic (exact) mass is 538 g/mol. The molecule has 2 aliphatic heterocycles. The summed E-state index contributed by atoms with van der Waals surface area (Å²) in [5.74, 6) is 1.50. The molecule has 6 heteroatoms. The SMILES string of the molecule is CC.C[C@]12C[C@H](c3ccc(OC4CCCCO4)cc3)C3=C4CCC5(C[C@]4(O)CCC3C1CCC2=O)OCCO5. The minimum Gasteiger partial charge on any atom is -0.465 e. The number of carbonyl (C=O) groups is 1. The van der Waals surface area contributed by atoms with Crippen molar-refractivity contribution < 1.29 is 28.8 Å². The van der Waals surface area contributed by atoms with Gasteiger partial charge in [0.05, 0.1) is 25.4 Å². The Labute approximate surface area is 233 Å². The molecule has 2 saturated heterocycles. The molecule has 214 valence electrons. The number of allylic oxidation sites excluding steroid dienone is 1. The van der Waals surface area contributed by atoms with Crippen LogP contribution in [0.4, 0.5) is 0 Å². The van der Waals surface area contributed by atoms with Gasteiger partial charge in [0.15, 0.2) is 12.1 Å². The second-order valence-electron chi connectivity index (χ2n) is 12.6. The van der Waals surface area contributed by atoms with E-state index in [1.807, 2.05) is 13.8 Å². The molecule has 3 saturated carbocycles. The molecule has 2 heterocycles. The lowest BCUT2D eigenvalue weighted by Crippen LogP contribution is -2.53. The van der Waals surface area contributed by atoms with Gasteiger partial charge in [0.25, 0.3) is 0 Å². The van der Waals surface area contributed by atoms with E-state index in [2.05, 4.69) is 31.2 Å². The van der Waals surface area contributed by atoms with Crippen LogP contribution in [-0.4, -0.2) is 48.4 Å². The Bertz CT molecular complexity index is 1080. The van der Waals surface area contributed by atoms with Gasteiger partial charge in [-0.25, -0.2) is 0 Å². The van der Waals surface area contributed by atoms with E-state index in [0.29, 0.717) is 43.7 Å². The number of ether oxygens (including phenoxy) is 4. The van der Waals surface area contributed by atoms with Crippen LogP contribution in [0.25, 0.3) is 0 Å². The van der Waals surface area contributed by atoms with Crippen molar-refractivity contribution in [1.29, 1.82) is 0 Å². The van der Waals surface area contributed by atoms with Crippen LogP contribution in [-0.2, 0) is 19.0 Å². The summed E-state index contributed by atoms with van der Waals surface area (Å²) in [6, 6.07) is 8.47. The summed E-state index contributed by atoms with van der Waals surface area (Å²) in [7, 11) is 0. The first-order chi connectivity index (χ1) is 18.9. The van der Waals surface area contributed by atoms with Crippen molar-refractivity contribution in [2.24, 2.45) is 17.3 Å². The van der Waals surface area contributed by atoms with Gasteiger partial charge in [0.1, 0.15) is 11.5 Å². The van der Waals surface area contributed by atoms with E-state index in [9.17, 15) is 9.90 Å². The summed E-state index contributed by atoms with van der Waals surface area (Å²) < 4.78 is 24.0. The Morgan fingerprint density at radius 2 is 1.72 bits per heavy atom. The summed E-state index contributed by atoms with van der Waals surface area (Å²) in [6.07, 6.45) is 9.27. The van der Waals surface area contributed by atoms with Crippen molar-refractivity contribution in [3.63, 3.8) is 0 Å². The molecular formula is C33H46O6. The van der Waals surface area contributed by atoms with E-state index in [0.717, 1.165) is 70.1 Å². The number of rotatable bonds is 3. The predicted molar refractivity (Wildman–Crippen MR) is 148 cm³/mol. The average Bonchev–Trinajstić information content (AvgIpc) is 3.53. The number of fused-ring (bicyclic) bond motifs is 4. The minimum atomic E-state index is -0.885. The molecule has 6 nitrogen and oxygen atoms in total. The van der Waals surface area contributed by atoms with Crippen LogP contribution in [0.3, 0.4) is 0 Å². The van der Waals surface area contributed by atoms with Crippen molar-refractivity contribution in [2.45, 2.75) is 115 Å². The van der Waals surface area contributed by atoms with Crippen molar-refractivity contribution in [3.8, 4) is 5.75 Å². The van der Waals surface area contributed by atoms with Crippen LogP contribution >= 0.6 is 0 Å². The minimum absolute atomic E-state index is 0.134. The first-order valence-electron chi connectivity index (χ1n) is 15.5. The average molecular weight is 539 g/mol. The molecule has 39 heavy (non-hydrogen) atoms. The molecule has 0 amide bonds. The smallest absolute Gasteiger partial charge is 0.199 e. The van der Waals surface area contributed by atoms with Gasteiger partial charge in [-0.1, -0.05) is 38.5 Å². The van der Waals surface area contributed by atoms with E-state index in [-0.39, 0.29) is 17.6 Å². The third-order valence-electron chi connectivity index (χ3n) is 10.6. The molecule has 0 aromatic heterocycles. The summed E-state index contributed by atoms with van der Waals surface area (Å²) in [5, 5.41) is 12.1. The normalized spacial score (nSPS) is 38.9. The van der Waals surface area contributed by atoms with Gasteiger partial charge in [-0.2, -0.15) is 0 Å². The molecule has 1 aromatic rings. The summed E-state index contributed by atoms with van der Waals surface area (Å²) >= 11 is 0. The maximum absolute atomic E-state index is 13.2. The lowest BCUT2D eigenvalue weighted by Gasteiger charge is -2.55. The highest BCUT2D eigenvalue weighted by Gasteiger charge is 2.60. The van der Waals surface area contributed by atoms with Crippen LogP contribution in [0.2, 0.25) is 0 Å². The van der Waals surface area contributed by atoms with Gasteiger partial charge in [-0.05, 0) is 80.1 Å². The predicted octanol–water partition coefficient (Wildman–Crippen LogP) is 6.46. The van der Waals surface area contributed by atoms with Crippen LogP contribution < -0.4 is 4.74 Å². The van der Waals surface area contributed by atoms with E-state index < -0.39 is 11.4 Å². The van der Waals surface area contributed by atoms with E-state index in [1.54, 1.807) is 0 Å². The maximum atomic E-state index is 13.2. The van der Waals surface area contributed by atoms with Crippen molar-refractivity contribution >= 4 is 5.78 Å². The number of benzene rings is 1. The van der Waals surface area contributed by atoms with E-state index >= 15 is 0 Å². The van der Waals surface area contributed by atoms with Gasteiger partial charge in [0, 0.05) is 37.0 Å². The lowest BCUT2D eigenvalue weighted by atomic mass is 9.51. The molecule has 4 aliphatic carbocycles. The fraction of sp³-hybridized carbons (Fsp3) is 0.727. The van der Waals surface area contributed by atoms with Crippen LogP contribution in [0.1, 0.15) is 103 Å². The van der Waals surface area contributed by atoms with Gasteiger partial charge in [0.2, 0.25) is 0 Å². The van der Waals surface area contributed by atoms with Crippen LogP contribution in [0.15, 0.2) is 35.4 Å². The summed E-state index contributed by atoms with van der Waals surface area (Å²) in [6.45, 7) is 8.19. The number of carbonyl (C=O) groups excluding carboxylic acids is 1. The third-order valence-corrected chi connectivity index (χ3v) is 10.6. The number of hydrogen-bond acceptors (Lipinski definition) is 6. The molecule has 0 radical (unpaired) electrons. The number of aliphatic hydroxyl groups is 1. The van der Waals surface area contributed by atoms with Crippen molar-refractivity contribution in [1.82, 2.24) is 0 Å². The highest BCUT2D eigenvalue weighted by molar-refractivity contribution is 5.87. The molecule has 1 aromatic carbocycles. The van der Waals surface area contributed by atoms with Crippen LogP contribution in [0, 0.1) is 17.3 Å². The van der Waals surface area contributed by atoms with Crippen molar-refractivity contribution in [2.75, 3.05) is 19.8 Å². The molecule has 1 spiro atoms. The second kappa shape index (κ2) is 10.6.